The lowest BCUT2D eigenvalue weighted by molar-refractivity contribution is 0.686. The fourth-order valence-corrected chi connectivity index (χ4v) is 2.19. The van der Waals surface area contributed by atoms with Gasteiger partial charge in [-0.25, -0.2) is 4.68 Å². The molecule has 0 aliphatic rings. The van der Waals surface area contributed by atoms with Crippen LogP contribution in [0.1, 0.15) is 25.0 Å². The van der Waals surface area contributed by atoms with Crippen molar-refractivity contribution in [3.63, 3.8) is 0 Å². The maximum atomic E-state index is 9.31. The number of aromatic nitrogens is 2. The Labute approximate surface area is 119 Å². The summed E-state index contributed by atoms with van der Waals surface area (Å²) in [5, 5.41) is 13.8. The summed E-state index contributed by atoms with van der Waals surface area (Å²) in [6.45, 7) is 6.25. The van der Waals surface area contributed by atoms with E-state index in [1.54, 1.807) is 4.68 Å². The molecule has 20 heavy (non-hydrogen) atoms. The largest absolute Gasteiger partial charge is 0.383 e. The Morgan fingerprint density at radius 2 is 1.90 bits per heavy atom. The lowest BCUT2D eigenvalue weighted by atomic mass is 10.2. The smallest absolute Gasteiger partial charge is 0.170 e. The number of hydrogen-bond acceptors (Lipinski definition) is 4. The molecule has 0 saturated heterocycles. The molecule has 2 rings (SSSR count). The van der Waals surface area contributed by atoms with Crippen LogP contribution in [-0.2, 0) is 6.54 Å². The number of rotatable bonds is 5. The quantitative estimate of drug-likeness (QED) is 0.903. The minimum absolute atomic E-state index is 0.429. The summed E-state index contributed by atoms with van der Waals surface area (Å²) in [5.74, 6) is 1.10. The first kappa shape index (κ1) is 13.9. The second kappa shape index (κ2) is 6.11. The van der Waals surface area contributed by atoms with E-state index in [-0.39, 0.29) is 0 Å². The van der Waals surface area contributed by atoms with Crippen molar-refractivity contribution in [2.75, 3.05) is 23.7 Å². The molecule has 0 aliphatic carbocycles. The van der Waals surface area contributed by atoms with Gasteiger partial charge in [0.15, 0.2) is 5.82 Å². The van der Waals surface area contributed by atoms with Gasteiger partial charge in [0.2, 0.25) is 0 Å². The Bertz CT molecular complexity index is 605. The summed E-state index contributed by atoms with van der Waals surface area (Å²) >= 11 is 0. The SMILES string of the molecule is CCN(CC)c1nn(Cc2ccccc2)c(N)c1C#N. The first-order chi connectivity index (χ1) is 9.71. The van der Waals surface area contributed by atoms with Gasteiger partial charge in [-0.2, -0.15) is 10.4 Å². The number of benzene rings is 1. The average molecular weight is 269 g/mol. The molecule has 0 unspecified atom stereocenters. The van der Waals surface area contributed by atoms with E-state index in [0.29, 0.717) is 23.7 Å². The summed E-state index contributed by atoms with van der Waals surface area (Å²) in [7, 11) is 0. The Balaban J connectivity index is 2.38. The van der Waals surface area contributed by atoms with Crippen molar-refractivity contribution in [2.45, 2.75) is 20.4 Å². The van der Waals surface area contributed by atoms with Crippen molar-refractivity contribution in [1.29, 1.82) is 5.26 Å². The fourth-order valence-electron chi connectivity index (χ4n) is 2.19. The zero-order valence-electron chi connectivity index (χ0n) is 11.9. The third-order valence-electron chi connectivity index (χ3n) is 3.32. The van der Waals surface area contributed by atoms with E-state index in [1.807, 2.05) is 49.1 Å². The number of nitriles is 1. The summed E-state index contributed by atoms with van der Waals surface area (Å²) in [6, 6.07) is 12.1. The maximum absolute atomic E-state index is 9.31. The molecule has 5 nitrogen and oxygen atoms in total. The van der Waals surface area contributed by atoms with Crippen molar-refractivity contribution in [1.82, 2.24) is 9.78 Å². The molecular formula is C15H19N5. The summed E-state index contributed by atoms with van der Waals surface area (Å²) in [5.41, 5.74) is 7.63. The molecule has 0 bridgehead atoms. The van der Waals surface area contributed by atoms with E-state index in [1.165, 1.54) is 0 Å². The van der Waals surface area contributed by atoms with Crippen molar-refractivity contribution < 1.29 is 0 Å². The Morgan fingerprint density at radius 1 is 1.25 bits per heavy atom. The highest BCUT2D eigenvalue weighted by atomic mass is 15.4. The topological polar surface area (TPSA) is 70.9 Å². The number of nitrogen functional groups attached to an aromatic ring is 1. The molecule has 0 saturated carbocycles. The van der Waals surface area contributed by atoms with Gasteiger partial charge in [0.05, 0.1) is 6.54 Å². The molecule has 104 valence electrons. The fraction of sp³-hybridized carbons (Fsp3) is 0.333. The Kier molecular flexibility index (Phi) is 4.26. The van der Waals surface area contributed by atoms with Crippen LogP contribution in [0, 0.1) is 11.3 Å². The maximum Gasteiger partial charge on any atom is 0.170 e. The third kappa shape index (κ3) is 2.59. The number of anilines is 2. The Hall–Kier alpha value is -2.48. The zero-order valence-corrected chi connectivity index (χ0v) is 11.9. The Morgan fingerprint density at radius 3 is 2.45 bits per heavy atom. The molecule has 2 N–H and O–H groups in total. The number of nitrogens with two attached hydrogens (primary N) is 1. The molecule has 1 heterocycles. The normalized spacial score (nSPS) is 10.2. The van der Waals surface area contributed by atoms with Crippen LogP contribution >= 0.6 is 0 Å². The molecule has 0 fully saturated rings. The molecule has 0 radical (unpaired) electrons. The average Bonchev–Trinajstić information content (AvgIpc) is 2.78. The van der Waals surface area contributed by atoms with Gasteiger partial charge in [-0.15, -0.1) is 0 Å². The molecule has 0 spiro atoms. The summed E-state index contributed by atoms with van der Waals surface area (Å²) < 4.78 is 1.70. The van der Waals surface area contributed by atoms with E-state index >= 15 is 0 Å². The van der Waals surface area contributed by atoms with Gasteiger partial charge in [-0.1, -0.05) is 30.3 Å². The minimum atomic E-state index is 0.429. The van der Waals surface area contributed by atoms with Crippen LogP contribution in [0.4, 0.5) is 11.6 Å². The lowest BCUT2D eigenvalue weighted by Gasteiger charge is -2.17. The second-order valence-corrected chi connectivity index (χ2v) is 4.51. The van der Waals surface area contributed by atoms with E-state index in [0.717, 1.165) is 18.7 Å². The second-order valence-electron chi connectivity index (χ2n) is 4.51. The number of hydrogen-bond donors (Lipinski definition) is 1. The highest BCUT2D eigenvalue weighted by Crippen LogP contribution is 2.24. The van der Waals surface area contributed by atoms with Crippen molar-refractivity contribution in [3.8, 4) is 6.07 Å². The van der Waals surface area contributed by atoms with Crippen LogP contribution in [-0.4, -0.2) is 22.9 Å². The van der Waals surface area contributed by atoms with Gasteiger partial charge in [-0.05, 0) is 19.4 Å². The minimum Gasteiger partial charge on any atom is -0.383 e. The van der Waals surface area contributed by atoms with Crippen LogP contribution < -0.4 is 10.6 Å². The molecule has 0 aliphatic heterocycles. The first-order valence-electron chi connectivity index (χ1n) is 6.76. The summed E-state index contributed by atoms with van der Waals surface area (Å²) in [6.07, 6.45) is 0. The van der Waals surface area contributed by atoms with Crippen molar-refractivity contribution in [3.05, 3.63) is 41.5 Å². The van der Waals surface area contributed by atoms with Crippen LogP contribution in [0.15, 0.2) is 30.3 Å². The van der Waals surface area contributed by atoms with E-state index in [4.69, 9.17) is 5.73 Å². The lowest BCUT2D eigenvalue weighted by Crippen LogP contribution is -2.23. The highest BCUT2D eigenvalue weighted by Gasteiger charge is 2.19. The van der Waals surface area contributed by atoms with Gasteiger partial charge in [0, 0.05) is 13.1 Å². The van der Waals surface area contributed by atoms with Crippen molar-refractivity contribution >= 4 is 11.6 Å². The molecule has 2 aromatic rings. The van der Waals surface area contributed by atoms with Gasteiger partial charge < -0.3 is 10.6 Å². The van der Waals surface area contributed by atoms with E-state index in [9.17, 15) is 5.26 Å². The summed E-state index contributed by atoms with van der Waals surface area (Å²) in [4.78, 5) is 2.04. The van der Waals surface area contributed by atoms with Crippen LogP contribution in [0.2, 0.25) is 0 Å². The first-order valence-corrected chi connectivity index (χ1v) is 6.76. The van der Waals surface area contributed by atoms with Crippen LogP contribution in [0.3, 0.4) is 0 Å². The molecule has 0 amide bonds. The molecule has 5 heteroatoms. The predicted octanol–water partition coefficient (Wildman–Crippen LogP) is 2.23. The van der Waals surface area contributed by atoms with Crippen LogP contribution in [0.25, 0.3) is 0 Å². The predicted molar refractivity (Wildman–Crippen MR) is 80.5 cm³/mol. The highest BCUT2D eigenvalue weighted by molar-refractivity contribution is 5.65. The third-order valence-corrected chi connectivity index (χ3v) is 3.32. The van der Waals surface area contributed by atoms with Gasteiger partial charge in [0.25, 0.3) is 0 Å². The molecule has 1 aromatic carbocycles. The monoisotopic (exact) mass is 269 g/mol. The standard InChI is InChI=1S/C15H19N5/c1-3-19(4-2)15-13(10-16)14(17)20(18-15)11-12-8-6-5-7-9-12/h5-9H,3-4,11,17H2,1-2H3. The number of nitrogens with zero attached hydrogens (tertiary/aromatic N) is 4. The molecule has 1 aromatic heterocycles. The van der Waals surface area contributed by atoms with E-state index in [2.05, 4.69) is 11.2 Å². The van der Waals surface area contributed by atoms with Gasteiger partial charge >= 0.3 is 0 Å². The zero-order chi connectivity index (χ0) is 14.5. The van der Waals surface area contributed by atoms with Crippen molar-refractivity contribution in [2.24, 2.45) is 0 Å². The van der Waals surface area contributed by atoms with Gasteiger partial charge in [-0.3, -0.25) is 0 Å². The molecular weight excluding hydrogens is 250 g/mol. The van der Waals surface area contributed by atoms with E-state index < -0.39 is 0 Å². The molecule has 0 atom stereocenters. The van der Waals surface area contributed by atoms with Gasteiger partial charge in [0.1, 0.15) is 17.5 Å². The van der Waals surface area contributed by atoms with Crippen LogP contribution in [0.5, 0.6) is 0 Å².